The molecule has 8 nitrogen and oxygen atoms in total. The topological polar surface area (TPSA) is 87.5 Å². The number of benzene rings is 3. The van der Waals surface area contributed by atoms with Crippen molar-refractivity contribution in [2.75, 3.05) is 19.0 Å². The third-order valence-corrected chi connectivity index (χ3v) is 7.92. The highest BCUT2D eigenvalue weighted by molar-refractivity contribution is 7.98. The molecule has 10 heteroatoms. The van der Waals surface area contributed by atoms with Crippen molar-refractivity contribution in [3.05, 3.63) is 105 Å². The first-order chi connectivity index (χ1) is 19.9. The number of nitrogens with zero attached hydrogens (tertiary/aromatic N) is 3. The smallest absolute Gasteiger partial charge is 0.338 e. The van der Waals surface area contributed by atoms with Crippen LogP contribution in [0.2, 0.25) is 5.02 Å². The summed E-state index contributed by atoms with van der Waals surface area (Å²) in [5, 5.41) is 9.27. The van der Waals surface area contributed by atoms with Gasteiger partial charge in [-0.2, -0.15) is 4.98 Å². The normalized spacial score (nSPS) is 14.3. The Morgan fingerprint density at radius 2 is 1.85 bits per heavy atom. The van der Waals surface area contributed by atoms with Gasteiger partial charge in [0.15, 0.2) is 11.5 Å². The summed E-state index contributed by atoms with van der Waals surface area (Å²) in [4.78, 5) is 17.9. The van der Waals surface area contributed by atoms with Gasteiger partial charge in [-0.3, -0.25) is 0 Å². The predicted molar refractivity (Wildman–Crippen MR) is 161 cm³/mol. The van der Waals surface area contributed by atoms with E-state index in [0.29, 0.717) is 51.3 Å². The van der Waals surface area contributed by atoms with Crippen LogP contribution in [0.15, 0.2) is 83.2 Å². The van der Waals surface area contributed by atoms with Gasteiger partial charge < -0.3 is 19.5 Å². The summed E-state index contributed by atoms with van der Waals surface area (Å²) in [6, 6.07) is 20.9. The Hall–Kier alpha value is -3.95. The van der Waals surface area contributed by atoms with Crippen LogP contribution in [0.3, 0.4) is 0 Å². The molecular weight excluding hydrogens is 560 g/mol. The van der Waals surface area contributed by atoms with E-state index in [2.05, 4.69) is 24.4 Å². The first kappa shape index (κ1) is 28.6. The number of esters is 1. The zero-order valence-corrected chi connectivity index (χ0v) is 24.9. The second-order valence-electron chi connectivity index (χ2n) is 9.51. The Balaban J connectivity index is 1.47. The lowest BCUT2D eigenvalue weighted by Crippen LogP contribution is -2.29. The highest BCUT2D eigenvalue weighted by Crippen LogP contribution is 2.40. The molecule has 212 valence electrons. The van der Waals surface area contributed by atoms with Crippen LogP contribution in [-0.4, -0.2) is 34.5 Å². The monoisotopic (exact) mass is 590 g/mol. The van der Waals surface area contributed by atoms with Crippen molar-refractivity contribution >= 4 is 35.3 Å². The Kier molecular flexibility index (Phi) is 8.85. The van der Waals surface area contributed by atoms with E-state index in [1.165, 1.54) is 17.3 Å². The van der Waals surface area contributed by atoms with Crippen molar-refractivity contribution in [1.82, 2.24) is 14.8 Å². The molecule has 0 radical (unpaired) electrons. The Bertz CT molecular complexity index is 1590. The average molecular weight is 591 g/mol. The molecule has 2 heterocycles. The van der Waals surface area contributed by atoms with Crippen LogP contribution >= 0.6 is 23.4 Å². The summed E-state index contributed by atoms with van der Waals surface area (Å²) >= 11 is 7.82. The number of fused-ring (bicyclic) bond motifs is 1. The number of carbonyl (C=O) groups excluding carboxylic acids is 1. The fourth-order valence-electron chi connectivity index (χ4n) is 4.55. The number of allylic oxidation sites excluding steroid dienone is 1. The van der Waals surface area contributed by atoms with Crippen molar-refractivity contribution < 1.29 is 19.0 Å². The number of hydrogen-bond acceptors (Lipinski definition) is 8. The van der Waals surface area contributed by atoms with E-state index >= 15 is 0 Å². The number of anilines is 1. The number of methoxy groups -OCH3 is 1. The van der Waals surface area contributed by atoms with E-state index in [9.17, 15) is 4.79 Å². The molecule has 0 amide bonds. The average Bonchev–Trinajstić information content (AvgIpc) is 3.38. The molecule has 3 aromatic carbocycles. The summed E-state index contributed by atoms with van der Waals surface area (Å²) in [5.74, 6) is 1.85. The first-order valence-corrected chi connectivity index (χ1v) is 14.6. The lowest BCUT2D eigenvalue weighted by Gasteiger charge is -2.28. The quantitative estimate of drug-likeness (QED) is 0.156. The predicted octanol–water partition coefficient (Wildman–Crippen LogP) is 6.97. The van der Waals surface area contributed by atoms with E-state index in [-0.39, 0.29) is 6.61 Å². The summed E-state index contributed by atoms with van der Waals surface area (Å²) in [6.45, 7) is 6.32. The molecule has 0 aliphatic carbocycles. The van der Waals surface area contributed by atoms with Gasteiger partial charge in [-0.15, -0.1) is 5.10 Å². The first-order valence-electron chi connectivity index (χ1n) is 13.2. The van der Waals surface area contributed by atoms with Gasteiger partial charge in [-0.25, -0.2) is 9.48 Å². The third kappa shape index (κ3) is 6.36. The van der Waals surface area contributed by atoms with Crippen LogP contribution in [0.4, 0.5) is 5.95 Å². The fraction of sp³-hybridized carbons (Fsp3) is 0.258. The van der Waals surface area contributed by atoms with Crippen molar-refractivity contribution in [1.29, 1.82) is 0 Å². The molecule has 0 spiro atoms. The van der Waals surface area contributed by atoms with Crippen LogP contribution in [0.1, 0.15) is 42.1 Å². The Morgan fingerprint density at radius 3 is 2.59 bits per heavy atom. The van der Waals surface area contributed by atoms with Crippen molar-refractivity contribution in [2.24, 2.45) is 0 Å². The molecule has 0 saturated carbocycles. The van der Waals surface area contributed by atoms with Crippen LogP contribution in [0.25, 0.3) is 0 Å². The maximum atomic E-state index is 13.2. The molecule has 1 unspecified atom stereocenters. The Labute approximate surface area is 248 Å². The van der Waals surface area contributed by atoms with Gasteiger partial charge >= 0.3 is 5.97 Å². The maximum Gasteiger partial charge on any atom is 0.338 e. The molecule has 0 fully saturated rings. The highest BCUT2D eigenvalue weighted by Gasteiger charge is 2.35. The van der Waals surface area contributed by atoms with Gasteiger partial charge in [0.25, 0.3) is 0 Å². The lowest BCUT2D eigenvalue weighted by atomic mass is 9.95. The van der Waals surface area contributed by atoms with Gasteiger partial charge in [0, 0.05) is 16.5 Å². The SMILES string of the molecule is CCOC(=O)C1=C(C)Nc2nc(SCc3ccccc3Cl)nn2C1c1ccc(OCc2ccc(C)cc2)c(OC)c1. The number of hydrogen-bond donors (Lipinski definition) is 1. The van der Waals surface area contributed by atoms with Crippen LogP contribution in [-0.2, 0) is 21.9 Å². The second kappa shape index (κ2) is 12.7. The van der Waals surface area contributed by atoms with E-state index in [1.54, 1.807) is 18.7 Å². The van der Waals surface area contributed by atoms with E-state index < -0.39 is 12.0 Å². The molecule has 0 bridgehead atoms. The molecule has 1 aliphatic heterocycles. The fourth-order valence-corrected chi connectivity index (χ4v) is 5.67. The lowest BCUT2D eigenvalue weighted by molar-refractivity contribution is -0.139. The minimum atomic E-state index is -0.590. The van der Waals surface area contributed by atoms with Crippen LogP contribution in [0, 0.1) is 6.92 Å². The molecule has 1 N–H and O–H groups in total. The number of carbonyl (C=O) groups is 1. The summed E-state index contributed by atoms with van der Waals surface area (Å²) in [7, 11) is 1.60. The minimum Gasteiger partial charge on any atom is -0.493 e. The van der Waals surface area contributed by atoms with E-state index in [4.69, 9.17) is 35.9 Å². The number of aromatic nitrogens is 3. The van der Waals surface area contributed by atoms with E-state index in [0.717, 1.165) is 16.7 Å². The Morgan fingerprint density at radius 1 is 1.07 bits per heavy atom. The molecule has 5 rings (SSSR count). The maximum absolute atomic E-state index is 13.2. The number of halogens is 1. The molecular formula is C31H31ClN4O4S. The third-order valence-electron chi connectivity index (χ3n) is 6.66. The molecule has 1 aromatic heterocycles. The number of nitrogens with one attached hydrogen (secondary N) is 1. The van der Waals surface area contributed by atoms with Crippen LogP contribution < -0.4 is 14.8 Å². The molecule has 0 saturated heterocycles. The molecule has 41 heavy (non-hydrogen) atoms. The van der Waals surface area contributed by atoms with Crippen molar-refractivity contribution in [2.45, 2.75) is 44.3 Å². The van der Waals surface area contributed by atoms with Crippen molar-refractivity contribution in [3.8, 4) is 11.5 Å². The zero-order chi connectivity index (χ0) is 28.9. The number of aryl methyl sites for hydroxylation is 1. The van der Waals surface area contributed by atoms with Gasteiger partial charge in [0.05, 0.1) is 19.3 Å². The largest absolute Gasteiger partial charge is 0.493 e. The minimum absolute atomic E-state index is 0.251. The van der Waals surface area contributed by atoms with Gasteiger partial charge in [0.1, 0.15) is 12.6 Å². The summed E-state index contributed by atoms with van der Waals surface area (Å²) in [5.41, 5.74) is 5.11. The summed E-state index contributed by atoms with van der Waals surface area (Å²) < 4.78 is 19.0. The van der Waals surface area contributed by atoms with Crippen LogP contribution in [0.5, 0.6) is 11.5 Å². The summed E-state index contributed by atoms with van der Waals surface area (Å²) in [6.07, 6.45) is 0. The molecule has 1 atom stereocenters. The highest BCUT2D eigenvalue weighted by atomic mass is 35.5. The van der Waals surface area contributed by atoms with Gasteiger partial charge in [-0.05, 0) is 55.7 Å². The second-order valence-corrected chi connectivity index (χ2v) is 10.9. The van der Waals surface area contributed by atoms with E-state index in [1.807, 2.05) is 61.5 Å². The molecule has 4 aromatic rings. The van der Waals surface area contributed by atoms with Crippen molar-refractivity contribution in [3.63, 3.8) is 0 Å². The number of thioether (sulfide) groups is 1. The molecule has 1 aliphatic rings. The van der Waals surface area contributed by atoms with Gasteiger partial charge in [-0.1, -0.05) is 77.5 Å². The standard InChI is InChI=1S/C31H31ClN4O4S/c1-5-39-29(37)27-20(3)33-30-34-31(41-18-23-8-6-7-9-24(23)32)35-36(30)28(27)22-14-15-25(26(16-22)38-4)40-17-21-12-10-19(2)11-13-21/h6-16,28H,5,17-18H2,1-4H3,(H,33,34,35). The number of rotatable bonds is 10. The zero-order valence-electron chi connectivity index (χ0n) is 23.3. The number of ether oxygens (including phenoxy) is 3. The van der Waals surface area contributed by atoms with Gasteiger partial charge in [0.2, 0.25) is 11.1 Å².